The Kier molecular flexibility index (Phi) is 4.14. The summed E-state index contributed by atoms with van der Waals surface area (Å²) >= 11 is 0. The molecule has 0 aliphatic carbocycles. The molecule has 0 spiro atoms. The lowest BCUT2D eigenvalue weighted by molar-refractivity contribution is 0.449. The van der Waals surface area contributed by atoms with Gasteiger partial charge in [0.1, 0.15) is 0 Å². The number of aryl methyl sites for hydroxylation is 1. The van der Waals surface area contributed by atoms with Gasteiger partial charge in [-0.15, -0.1) is 0 Å². The van der Waals surface area contributed by atoms with Crippen LogP contribution in [-0.2, 0) is 0 Å². The smallest absolute Gasteiger partial charge is 0.170 e. The molecule has 0 fully saturated rings. The lowest BCUT2D eigenvalue weighted by Crippen LogP contribution is -2.03. The lowest BCUT2D eigenvalue weighted by atomic mass is 9.98. The minimum atomic E-state index is -1.38. The molecule has 0 atom stereocenters. The fourth-order valence-corrected chi connectivity index (χ4v) is 2.57. The predicted molar refractivity (Wildman–Crippen MR) is 86.6 cm³/mol. The first-order valence-corrected chi connectivity index (χ1v) is 7.40. The van der Waals surface area contributed by atoms with Gasteiger partial charge in [0.15, 0.2) is 23.3 Å². The second-order valence-corrected chi connectivity index (χ2v) is 5.70. The summed E-state index contributed by atoms with van der Waals surface area (Å²) in [5, 5.41) is 0. The Bertz CT molecular complexity index is 865. The first-order chi connectivity index (χ1) is 11.4. The molecule has 0 bridgehead atoms. The number of halogens is 4. The first kappa shape index (κ1) is 16.2. The van der Waals surface area contributed by atoms with Crippen LogP contribution in [-0.4, -0.2) is 0 Å². The SMILES string of the molecule is Cc1ccc(-c2ccc(-c3c(F)c(F)c(C)c(F)c3F)cc2)cc1. The van der Waals surface area contributed by atoms with Crippen molar-refractivity contribution >= 4 is 0 Å². The van der Waals surface area contributed by atoms with Crippen LogP contribution >= 0.6 is 0 Å². The molecule has 0 aliphatic rings. The van der Waals surface area contributed by atoms with Crippen LogP contribution in [0.3, 0.4) is 0 Å². The van der Waals surface area contributed by atoms with Crippen LogP contribution < -0.4 is 0 Å². The Morgan fingerprint density at radius 3 is 1.33 bits per heavy atom. The summed E-state index contributed by atoms with van der Waals surface area (Å²) in [4.78, 5) is 0. The van der Waals surface area contributed by atoms with Gasteiger partial charge < -0.3 is 0 Å². The molecule has 0 unspecified atom stereocenters. The molecular weight excluding hydrogens is 316 g/mol. The normalized spacial score (nSPS) is 10.9. The minimum Gasteiger partial charge on any atom is -0.203 e. The zero-order valence-electron chi connectivity index (χ0n) is 13.1. The van der Waals surface area contributed by atoms with Gasteiger partial charge in [0.05, 0.1) is 5.56 Å². The van der Waals surface area contributed by atoms with E-state index in [4.69, 9.17) is 0 Å². The minimum absolute atomic E-state index is 0.0821. The highest BCUT2D eigenvalue weighted by Gasteiger charge is 2.23. The maximum absolute atomic E-state index is 14.1. The summed E-state index contributed by atoms with van der Waals surface area (Å²) in [5.74, 6) is -5.50. The Labute approximate surface area is 137 Å². The highest BCUT2D eigenvalue weighted by Crippen LogP contribution is 2.33. The molecule has 0 saturated carbocycles. The van der Waals surface area contributed by atoms with Crippen molar-refractivity contribution in [2.24, 2.45) is 0 Å². The largest absolute Gasteiger partial charge is 0.203 e. The second kappa shape index (κ2) is 6.11. The monoisotopic (exact) mass is 330 g/mol. The Balaban J connectivity index is 2.08. The van der Waals surface area contributed by atoms with Gasteiger partial charge in [-0.1, -0.05) is 54.1 Å². The van der Waals surface area contributed by atoms with Crippen molar-refractivity contribution in [1.82, 2.24) is 0 Å². The molecule has 0 radical (unpaired) electrons. The summed E-state index contributed by atoms with van der Waals surface area (Å²) in [6.45, 7) is 2.97. The van der Waals surface area contributed by atoms with E-state index in [1.54, 1.807) is 12.1 Å². The summed E-state index contributed by atoms with van der Waals surface area (Å²) in [6, 6.07) is 14.0. The zero-order valence-corrected chi connectivity index (χ0v) is 13.1. The highest BCUT2D eigenvalue weighted by atomic mass is 19.2. The van der Waals surface area contributed by atoms with E-state index in [9.17, 15) is 17.6 Å². The molecule has 0 aromatic heterocycles. The van der Waals surface area contributed by atoms with Crippen molar-refractivity contribution < 1.29 is 17.6 Å². The van der Waals surface area contributed by atoms with Gasteiger partial charge in [0, 0.05) is 5.56 Å². The fraction of sp³-hybridized carbons (Fsp3) is 0.100. The van der Waals surface area contributed by atoms with Crippen LogP contribution in [0.4, 0.5) is 17.6 Å². The molecule has 122 valence electrons. The van der Waals surface area contributed by atoms with Crippen molar-refractivity contribution in [2.45, 2.75) is 13.8 Å². The molecule has 0 aliphatic heterocycles. The molecule has 0 nitrogen and oxygen atoms in total. The van der Waals surface area contributed by atoms with E-state index in [0.29, 0.717) is 0 Å². The Hall–Kier alpha value is -2.62. The van der Waals surface area contributed by atoms with E-state index in [1.165, 1.54) is 12.1 Å². The third-order valence-corrected chi connectivity index (χ3v) is 4.04. The fourth-order valence-electron chi connectivity index (χ4n) is 2.57. The number of hydrogen-bond acceptors (Lipinski definition) is 0. The maximum atomic E-state index is 14.1. The van der Waals surface area contributed by atoms with Gasteiger partial charge in [-0.2, -0.15) is 0 Å². The molecule has 0 heterocycles. The molecule has 4 heteroatoms. The van der Waals surface area contributed by atoms with Crippen LogP contribution in [0.1, 0.15) is 11.1 Å². The topological polar surface area (TPSA) is 0 Å². The average Bonchev–Trinajstić information content (AvgIpc) is 2.60. The van der Waals surface area contributed by atoms with Gasteiger partial charge in [-0.25, -0.2) is 17.6 Å². The van der Waals surface area contributed by atoms with Gasteiger partial charge in [0.2, 0.25) is 0 Å². The van der Waals surface area contributed by atoms with E-state index in [2.05, 4.69) is 0 Å². The average molecular weight is 330 g/mol. The summed E-state index contributed by atoms with van der Waals surface area (Å²) in [5.41, 5.74) is 1.63. The van der Waals surface area contributed by atoms with Gasteiger partial charge in [0.25, 0.3) is 0 Å². The van der Waals surface area contributed by atoms with Crippen molar-refractivity contribution in [2.75, 3.05) is 0 Å². The van der Waals surface area contributed by atoms with Crippen molar-refractivity contribution in [3.05, 3.63) is 82.9 Å². The lowest BCUT2D eigenvalue weighted by Gasteiger charge is -2.11. The van der Waals surface area contributed by atoms with Crippen LogP contribution in [0.2, 0.25) is 0 Å². The molecule has 0 saturated heterocycles. The standard InChI is InChI=1S/C20H14F4/c1-11-3-5-13(6-4-11)14-7-9-15(10-8-14)16-19(23)17(21)12(2)18(22)20(16)24/h3-10H,1-2H3. The van der Waals surface area contributed by atoms with Crippen LogP contribution in [0.5, 0.6) is 0 Å². The highest BCUT2D eigenvalue weighted by molar-refractivity contribution is 5.71. The third kappa shape index (κ3) is 2.68. The summed E-state index contributed by atoms with van der Waals surface area (Å²) < 4.78 is 55.6. The molecule has 3 aromatic rings. The molecule has 3 rings (SSSR count). The van der Waals surface area contributed by atoms with Crippen molar-refractivity contribution in [1.29, 1.82) is 0 Å². The second-order valence-electron chi connectivity index (χ2n) is 5.70. The summed E-state index contributed by atoms with van der Waals surface area (Å²) in [6.07, 6.45) is 0. The van der Waals surface area contributed by atoms with Gasteiger partial charge in [-0.3, -0.25) is 0 Å². The Morgan fingerprint density at radius 2 is 0.875 bits per heavy atom. The van der Waals surface area contributed by atoms with Crippen LogP contribution in [0, 0.1) is 37.1 Å². The molecular formula is C20H14F4. The van der Waals surface area contributed by atoms with E-state index < -0.39 is 34.4 Å². The number of benzene rings is 3. The van der Waals surface area contributed by atoms with E-state index in [0.717, 1.165) is 23.6 Å². The van der Waals surface area contributed by atoms with Crippen molar-refractivity contribution in [3.63, 3.8) is 0 Å². The number of hydrogen-bond donors (Lipinski definition) is 0. The Morgan fingerprint density at radius 1 is 0.500 bits per heavy atom. The van der Waals surface area contributed by atoms with Gasteiger partial charge >= 0.3 is 0 Å². The molecule has 3 aromatic carbocycles. The van der Waals surface area contributed by atoms with E-state index in [-0.39, 0.29) is 5.56 Å². The zero-order chi connectivity index (χ0) is 17.4. The molecule has 0 amide bonds. The van der Waals surface area contributed by atoms with Crippen LogP contribution in [0.15, 0.2) is 48.5 Å². The summed E-state index contributed by atoms with van der Waals surface area (Å²) in [7, 11) is 0. The first-order valence-electron chi connectivity index (χ1n) is 7.40. The van der Waals surface area contributed by atoms with Crippen LogP contribution in [0.25, 0.3) is 22.3 Å². The van der Waals surface area contributed by atoms with E-state index in [1.807, 2.05) is 31.2 Å². The van der Waals surface area contributed by atoms with Crippen molar-refractivity contribution in [3.8, 4) is 22.3 Å². The number of rotatable bonds is 2. The van der Waals surface area contributed by atoms with Gasteiger partial charge in [-0.05, 0) is 30.5 Å². The maximum Gasteiger partial charge on any atom is 0.170 e. The van der Waals surface area contributed by atoms with E-state index >= 15 is 0 Å². The molecule has 24 heavy (non-hydrogen) atoms. The predicted octanol–water partition coefficient (Wildman–Crippen LogP) is 6.19. The third-order valence-electron chi connectivity index (χ3n) is 4.04. The molecule has 0 N–H and O–H groups in total. The quantitative estimate of drug-likeness (QED) is 0.388.